The van der Waals surface area contributed by atoms with Crippen LogP contribution in [-0.2, 0) is 0 Å². The van der Waals surface area contributed by atoms with E-state index in [0.29, 0.717) is 0 Å². The zero-order chi connectivity index (χ0) is 16.2. The lowest BCUT2D eigenvalue weighted by molar-refractivity contribution is 0.884. The molecule has 0 amide bonds. The summed E-state index contributed by atoms with van der Waals surface area (Å²) in [6.07, 6.45) is 4.72. The van der Waals surface area contributed by atoms with Crippen molar-refractivity contribution in [2.75, 3.05) is 34.5 Å². The molecular weight excluding hydrogens is 425 g/mol. The molecule has 0 bridgehead atoms. The predicted molar refractivity (Wildman–Crippen MR) is 129 cm³/mol. The molecule has 132 valence electrons. The van der Waals surface area contributed by atoms with Gasteiger partial charge in [0.25, 0.3) is 0 Å². The molecule has 1 heterocycles. The van der Waals surface area contributed by atoms with E-state index in [1.807, 2.05) is 0 Å². The second-order valence-corrected chi connectivity index (χ2v) is 13.6. The fourth-order valence-electron chi connectivity index (χ4n) is 1.94. The summed E-state index contributed by atoms with van der Waals surface area (Å²) in [5.41, 5.74) is 0. The third-order valence-electron chi connectivity index (χ3n) is 3.15. The minimum absolute atomic E-state index is 0.255. The molecule has 1 aliphatic rings. The number of thioether (sulfide) groups is 4. The first-order valence-electron chi connectivity index (χ1n) is 7.69. The van der Waals surface area contributed by atoms with E-state index in [9.17, 15) is 0 Å². The number of rotatable bonds is 12. The van der Waals surface area contributed by atoms with E-state index in [0.717, 1.165) is 23.3 Å². The van der Waals surface area contributed by atoms with Crippen LogP contribution in [0, 0.1) is 0 Å². The van der Waals surface area contributed by atoms with Gasteiger partial charge >= 0.3 is 0 Å². The van der Waals surface area contributed by atoms with Gasteiger partial charge in [-0.1, -0.05) is 0 Å². The van der Waals surface area contributed by atoms with Crippen LogP contribution >= 0.6 is 97.6 Å². The molecule has 0 radical (unpaired) electrons. The maximum atomic E-state index is 4.30. The number of hydrogen-bond acceptors (Lipinski definition) is 8. The minimum Gasteiger partial charge on any atom is -0.165 e. The van der Waals surface area contributed by atoms with Crippen LogP contribution in [0.15, 0.2) is 0 Å². The second-order valence-electron chi connectivity index (χ2n) is 5.31. The summed E-state index contributed by atoms with van der Waals surface area (Å²) in [6.45, 7) is 0. The van der Waals surface area contributed by atoms with Gasteiger partial charge in [0.1, 0.15) is 0 Å². The Morgan fingerprint density at radius 1 is 0.773 bits per heavy atom. The Kier molecular flexibility index (Phi) is 15.5. The molecule has 0 aromatic heterocycles. The fourth-order valence-corrected chi connectivity index (χ4v) is 8.60. The highest BCUT2D eigenvalue weighted by Gasteiger charge is 2.21. The Labute approximate surface area is 176 Å². The summed E-state index contributed by atoms with van der Waals surface area (Å²) in [6, 6.07) is 0. The zero-order valence-corrected chi connectivity index (χ0v) is 19.6. The zero-order valence-electron chi connectivity index (χ0n) is 12.8. The molecule has 1 saturated heterocycles. The molecule has 1 fully saturated rings. The van der Waals surface area contributed by atoms with Crippen LogP contribution in [0.1, 0.15) is 25.7 Å². The third kappa shape index (κ3) is 13.1. The lowest BCUT2D eigenvalue weighted by atomic mass is 10.4. The van der Waals surface area contributed by atoms with Crippen LogP contribution in [0.2, 0.25) is 0 Å². The number of thiol groups is 4. The predicted octanol–water partition coefficient (Wildman–Crippen LogP) is 5.60. The van der Waals surface area contributed by atoms with Gasteiger partial charge in [-0.25, -0.2) is 0 Å². The summed E-state index contributed by atoms with van der Waals surface area (Å²) in [7, 11) is 0. The van der Waals surface area contributed by atoms with E-state index in [-0.39, 0.29) is 9.16 Å². The molecule has 2 unspecified atom stereocenters. The first kappa shape index (κ1) is 22.8. The molecule has 0 N–H and O–H groups in total. The molecule has 0 aromatic rings. The van der Waals surface area contributed by atoms with Gasteiger partial charge in [-0.05, 0) is 37.2 Å². The Balaban J connectivity index is 1.92. The van der Waals surface area contributed by atoms with Crippen molar-refractivity contribution >= 4 is 97.6 Å². The lowest BCUT2D eigenvalue weighted by Crippen LogP contribution is -2.24. The van der Waals surface area contributed by atoms with Crippen molar-refractivity contribution in [1.82, 2.24) is 0 Å². The maximum absolute atomic E-state index is 4.30. The summed E-state index contributed by atoms with van der Waals surface area (Å²) in [4.78, 5) is 0. The molecule has 0 nitrogen and oxygen atoms in total. The highest BCUT2D eigenvalue weighted by molar-refractivity contribution is 8.09. The van der Waals surface area contributed by atoms with Crippen LogP contribution in [-0.4, -0.2) is 54.2 Å². The summed E-state index contributed by atoms with van der Waals surface area (Å²) in [5.74, 6) is 7.81. The highest BCUT2D eigenvalue weighted by Crippen LogP contribution is 2.33. The SMILES string of the molecule is SC(S)CCCSCC1CSC(CSCCCC(S)S)CS1. The molecule has 22 heavy (non-hydrogen) atoms. The maximum Gasteiger partial charge on any atom is 0.0442 e. The van der Waals surface area contributed by atoms with E-state index in [1.54, 1.807) is 0 Å². The quantitative estimate of drug-likeness (QED) is 0.173. The minimum atomic E-state index is 0.255. The standard InChI is InChI=1S/C14H28S8/c15-13(16)3-1-5-19-7-11-9-22-12(10-21-11)8-20-6-2-4-14(17)18/h11-18H,1-10H2. The van der Waals surface area contributed by atoms with E-state index in [4.69, 9.17) is 0 Å². The normalized spacial score (nSPS) is 22.6. The summed E-state index contributed by atoms with van der Waals surface area (Å²) in [5, 5.41) is 1.71. The van der Waals surface area contributed by atoms with Crippen molar-refractivity contribution in [3.05, 3.63) is 0 Å². The molecule has 8 heteroatoms. The highest BCUT2D eigenvalue weighted by atomic mass is 32.2. The lowest BCUT2D eigenvalue weighted by Gasteiger charge is -2.27. The van der Waals surface area contributed by atoms with E-state index in [1.165, 1.54) is 47.4 Å². The van der Waals surface area contributed by atoms with Gasteiger partial charge in [0.2, 0.25) is 0 Å². The Hall–Kier alpha value is 2.80. The van der Waals surface area contributed by atoms with Gasteiger partial charge in [-0.15, -0.1) is 0 Å². The van der Waals surface area contributed by atoms with Crippen LogP contribution in [0.5, 0.6) is 0 Å². The van der Waals surface area contributed by atoms with Gasteiger partial charge in [0.15, 0.2) is 0 Å². The first-order chi connectivity index (χ1) is 10.6. The second kappa shape index (κ2) is 14.9. The van der Waals surface area contributed by atoms with Crippen LogP contribution in [0.25, 0.3) is 0 Å². The third-order valence-corrected chi connectivity index (χ3v) is 10.3. The van der Waals surface area contributed by atoms with Crippen LogP contribution < -0.4 is 0 Å². The van der Waals surface area contributed by atoms with Gasteiger partial charge in [0, 0.05) is 42.7 Å². The largest absolute Gasteiger partial charge is 0.165 e. The van der Waals surface area contributed by atoms with E-state index in [2.05, 4.69) is 97.6 Å². The molecular formula is C14H28S8. The Morgan fingerprint density at radius 2 is 1.18 bits per heavy atom. The van der Waals surface area contributed by atoms with Crippen LogP contribution in [0.4, 0.5) is 0 Å². The summed E-state index contributed by atoms with van der Waals surface area (Å²) < 4.78 is 0.509. The smallest absolute Gasteiger partial charge is 0.0442 e. The van der Waals surface area contributed by atoms with Gasteiger partial charge in [-0.3, -0.25) is 0 Å². The van der Waals surface area contributed by atoms with E-state index >= 15 is 0 Å². The van der Waals surface area contributed by atoms with Gasteiger partial charge in [0.05, 0.1) is 0 Å². The average molecular weight is 453 g/mol. The Morgan fingerprint density at radius 3 is 1.50 bits per heavy atom. The van der Waals surface area contributed by atoms with Crippen LogP contribution in [0.3, 0.4) is 0 Å². The van der Waals surface area contributed by atoms with Gasteiger partial charge < -0.3 is 0 Å². The van der Waals surface area contributed by atoms with Crippen molar-refractivity contribution in [3.63, 3.8) is 0 Å². The molecule has 0 aliphatic carbocycles. The van der Waals surface area contributed by atoms with Crippen molar-refractivity contribution in [1.29, 1.82) is 0 Å². The molecule has 0 aromatic carbocycles. The van der Waals surface area contributed by atoms with Gasteiger partial charge in [-0.2, -0.15) is 97.6 Å². The Bertz CT molecular complexity index is 227. The average Bonchev–Trinajstić information content (AvgIpc) is 2.47. The van der Waals surface area contributed by atoms with Crippen molar-refractivity contribution in [3.8, 4) is 0 Å². The first-order valence-corrected chi connectivity index (χ1v) is 14.2. The topological polar surface area (TPSA) is 0 Å². The van der Waals surface area contributed by atoms with Crippen molar-refractivity contribution in [2.45, 2.75) is 45.3 Å². The van der Waals surface area contributed by atoms with E-state index < -0.39 is 0 Å². The summed E-state index contributed by atoms with van der Waals surface area (Å²) >= 11 is 25.8. The van der Waals surface area contributed by atoms with Crippen molar-refractivity contribution in [2.24, 2.45) is 0 Å². The monoisotopic (exact) mass is 452 g/mol. The number of hydrogen-bond donors (Lipinski definition) is 4. The molecule has 0 spiro atoms. The van der Waals surface area contributed by atoms with Crippen molar-refractivity contribution < 1.29 is 0 Å². The molecule has 0 saturated carbocycles. The molecule has 2 atom stereocenters. The fraction of sp³-hybridized carbons (Fsp3) is 1.00. The molecule has 1 rings (SSSR count). The molecule has 1 aliphatic heterocycles.